The fourth-order valence-electron chi connectivity index (χ4n) is 4.26. The number of hydrogen-bond donors (Lipinski definition) is 3. The summed E-state index contributed by atoms with van der Waals surface area (Å²) in [6.07, 6.45) is -5.72. The second kappa shape index (κ2) is 7.69. The van der Waals surface area contributed by atoms with E-state index in [1.807, 2.05) is 33.0 Å². The fourth-order valence-corrected chi connectivity index (χ4v) is 4.26. The lowest BCUT2D eigenvalue weighted by Crippen LogP contribution is -2.61. The van der Waals surface area contributed by atoms with Crippen molar-refractivity contribution in [3.8, 4) is 0 Å². The van der Waals surface area contributed by atoms with Crippen molar-refractivity contribution in [1.82, 2.24) is 15.5 Å². The molecule has 172 valence electrons. The first-order valence-electron chi connectivity index (χ1n) is 10.1. The molecule has 4 N–H and O–H groups in total. The van der Waals surface area contributed by atoms with Gasteiger partial charge >= 0.3 is 12.1 Å². The number of piperidine rings is 1. The highest BCUT2D eigenvalue weighted by Crippen LogP contribution is 2.65. The Hall–Kier alpha value is -1.84. The molecule has 5 atom stereocenters. The Bertz CT molecular complexity index is 715. The summed E-state index contributed by atoms with van der Waals surface area (Å²) in [4.78, 5) is 39.2. The molecule has 3 amide bonds. The Morgan fingerprint density at radius 1 is 1.10 bits per heavy atom. The molecule has 0 spiro atoms. The summed E-state index contributed by atoms with van der Waals surface area (Å²) in [6.45, 7) is 12.6. The van der Waals surface area contributed by atoms with Gasteiger partial charge in [0.1, 0.15) is 12.1 Å². The van der Waals surface area contributed by atoms with Gasteiger partial charge in [-0.3, -0.25) is 14.4 Å². The van der Waals surface area contributed by atoms with E-state index in [1.165, 1.54) is 4.90 Å². The highest BCUT2D eigenvalue weighted by molar-refractivity contribution is 5.94. The van der Waals surface area contributed by atoms with E-state index >= 15 is 0 Å². The largest absolute Gasteiger partial charge is 0.471 e. The molecule has 0 unspecified atom stereocenters. The molecule has 0 bridgehead atoms. The summed E-state index contributed by atoms with van der Waals surface area (Å²) < 4.78 is 38.5. The lowest BCUT2D eigenvalue weighted by atomic mass is 9.85. The topological polar surface area (TPSA) is 105 Å². The monoisotopic (exact) mass is 434 g/mol. The van der Waals surface area contributed by atoms with Gasteiger partial charge < -0.3 is 21.3 Å². The molecule has 1 heterocycles. The van der Waals surface area contributed by atoms with Crippen molar-refractivity contribution in [3.63, 3.8) is 0 Å². The Kier molecular flexibility index (Phi) is 6.26. The van der Waals surface area contributed by atoms with Crippen molar-refractivity contribution in [2.75, 3.05) is 6.54 Å². The summed E-state index contributed by atoms with van der Waals surface area (Å²) in [6, 6.07) is -2.27. The van der Waals surface area contributed by atoms with Crippen LogP contribution in [0.15, 0.2) is 0 Å². The van der Waals surface area contributed by atoms with E-state index < -0.39 is 47.6 Å². The van der Waals surface area contributed by atoms with E-state index in [0.29, 0.717) is 0 Å². The number of carbonyl (C=O) groups is 3. The number of halogens is 3. The molecule has 1 saturated carbocycles. The van der Waals surface area contributed by atoms with Crippen LogP contribution in [-0.4, -0.2) is 53.6 Å². The predicted octanol–water partition coefficient (Wildman–Crippen LogP) is 1.62. The smallest absolute Gasteiger partial charge is 0.339 e. The molecule has 0 aromatic carbocycles. The third-order valence-electron chi connectivity index (χ3n) is 6.43. The number of carbonyl (C=O) groups excluding carboxylic acids is 3. The fraction of sp³-hybridized carbons (Fsp3) is 0.850. The second-order valence-corrected chi connectivity index (χ2v) is 10.4. The summed E-state index contributed by atoms with van der Waals surface area (Å²) in [5, 5.41) is 4.55. The number of alkyl halides is 3. The Balaban J connectivity index is 2.30. The van der Waals surface area contributed by atoms with Gasteiger partial charge in [-0.1, -0.05) is 48.5 Å². The van der Waals surface area contributed by atoms with Gasteiger partial charge in [0.15, 0.2) is 0 Å². The van der Waals surface area contributed by atoms with Crippen molar-refractivity contribution in [1.29, 1.82) is 0 Å². The van der Waals surface area contributed by atoms with E-state index in [9.17, 15) is 27.6 Å². The van der Waals surface area contributed by atoms with Gasteiger partial charge in [-0.15, -0.1) is 0 Å². The molecule has 7 nitrogen and oxygen atoms in total. The Labute approximate surface area is 175 Å². The normalized spacial score (nSPS) is 27.3. The molecule has 0 radical (unpaired) electrons. The minimum atomic E-state index is -5.11. The molecule has 0 aromatic rings. The highest BCUT2D eigenvalue weighted by atomic mass is 19.4. The lowest BCUT2D eigenvalue weighted by molar-refractivity contribution is -0.176. The maximum atomic E-state index is 13.3. The number of hydrogen-bond acceptors (Lipinski definition) is 4. The van der Waals surface area contributed by atoms with Crippen LogP contribution >= 0.6 is 0 Å². The number of amides is 3. The van der Waals surface area contributed by atoms with Crippen LogP contribution in [0, 0.1) is 28.6 Å². The first-order chi connectivity index (χ1) is 13.4. The van der Waals surface area contributed by atoms with Gasteiger partial charge in [0.05, 0.1) is 6.17 Å². The first-order valence-corrected chi connectivity index (χ1v) is 10.1. The average molecular weight is 435 g/mol. The van der Waals surface area contributed by atoms with Gasteiger partial charge in [-0.2, -0.15) is 13.2 Å². The maximum absolute atomic E-state index is 13.3. The van der Waals surface area contributed by atoms with Crippen LogP contribution in [0.4, 0.5) is 13.2 Å². The molecule has 10 heteroatoms. The van der Waals surface area contributed by atoms with E-state index in [0.717, 1.165) is 0 Å². The predicted molar refractivity (Wildman–Crippen MR) is 105 cm³/mol. The van der Waals surface area contributed by atoms with Crippen LogP contribution in [-0.2, 0) is 14.4 Å². The van der Waals surface area contributed by atoms with Crippen molar-refractivity contribution in [2.24, 2.45) is 34.3 Å². The third-order valence-corrected chi connectivity index (χ3v) is 6.43. The van der Waals surface area contributed by atoms with Crippen LogP contribution in [0.25, 0.3) is 0 Å². The molecular weight excluding hydrogens is 401 g/mol. The number of rotatable bonds is 5. The summed E-state index contributed by atoms with van der Waals surface area (Å²) in [7, 11) is 0. The Morgan fingerprint density at radius 3 is 2.07 bits per heavy atom. The molecule has 1 saturated heterocycles. The zero-order chi connectivity index (χ0) is 23.4. The molecule has 1 aliphatic carbocycles. The highest BCUT2D eigenvalue weighted by Gasteiger charge is 2.69. The van der Waals surface area contributed by atoms with Gasteiger partial charge in [0.25, 0.3) is 0 Å². The molecule has 30 heavy (non-hydrogen) atoms. The van der Waals surface area contributed by atoms with Gasteiger partial charge in [0, 0.05) is 6.54 Å². The van der Waals surface area contributed by atoms with Crippen LogP contribution in [0.3, 0.4) is 0 Å². The number of nitrogens with zero attached hydrogens (tertiary/aromatic N) is 1. The number of nitrogens with one attached hydrogen (secondary N) is 2. The summed E-state index contributed by atoms with van der Waals surface area (Å²) in [5.41, 5.74) is 4.81. The zero-order valence-electron chi connectivity index (χ0n) is 18.6. The zero-order valence-corrected chi connectivity index (χ0v) is 18.6. The van der Waals surface area contributed by atoms with Crippen LogP contribution < -0.4 is 16.4 Å². The van der Waals surface area contributed by atoms with Gasteiger partial charge in [-0.25, -0.2) is 0 Å². The number of likely N-dealkylation sites (tertiary alicyclic amines) is 1. The van der Waals surface area contributed by atoms with E-state index in [2.05, 4.69) is 5.32 Å². The molecule has 1 aliphatic heterocycles. The molecule has 2 rings (SSSR count). The molecular formula is C20H33F3N4O3. The van der Waals surface area contributed by atoms with Crippen molar-refractivity contribution in [2.45, 2.75) is 72.9 Å². The van der Waals surface area contributed by atoms with Crippen LogP contribution in [0.1, 0.15) is 48.5 Å². The van der Waals surface area contributed by atoms with E-state index in [4.69, 9.17) is 5.73 Å². The molecule has 2 fully saturated rings. The maximum Gasteiger partial charge on any atom is 0.471 e. The van der Waals surface area contributed by atoms with E-state index in [1.54, 1.807) is 20.8 Å². The average Bonchev–Trinajstić information content (AvgIpc) is 2.93. The second-order valence-electron chi connectivity index (χ2n) is 10.4. The molecule has 0 aromatic heterocycles. The number of fused-ring (bicyclic) bond motifs is 1. The lowest BCUT2D eigenvalue weighted by Gasteiger charge is -2.38. The Morgan fingerprint density at radius 2 is 1.63 bits per heavy atom. The van der Waals surface area contributed by atoms with Crippen molar-refractivity contribution in [3.05, 3.63) is 0 Å². The van der Waals surface area contributed by atoms with Crippen LogP contribution in [0.5, 0.6) is 0 Å². The van der Waals surface area contributed by atoms with Gasteiger partial charge in [0.2, 0.25) is 11.8 Å². The minimum Gasteiger partial charge on any atom is -0.339 e. The standard InChI is InChI=1S/C20H33F3N4O3/c1-9(2)14(24)26-15(28)12-11-10(19(11,6)7)8-27(12)16(29)13(18(3,4)5)25-17(30)20(21,22)23/h9-14H,8,24H2,1-7H3,(H,25,30)(H,26,28)/t10-,11-,12-,13+,14-/m0/s1. The number of nitrogens with two attached hydrogens (primary N) is 1. The first kappa shape index (κ1) is 24.4. The SMILES string of the molecule is CC(C)[C@@H](N)NC(=O)[C@@H]1[C@@H]2[C@H](CN1C(=O)[C@@H](NC(=O)C(F)(F)F)C(C)(C)C)C2(C)C. The van der Waals surface area contributed by atoms with Crippen molar-refractivity contribution >= 4 is 17.7 Å². The third kappa shape index (κ3) is 4.58. The summed E-state index contributed by atoms with van der Waals surface area (Å²) in [5.74, 6) is -3.37. The van der Waals surface area contributed by atoms with Gasteiger partial charge in [-0.05, 0) is 28.6 Å². The summed E-state index contributed by atoms with van der Waals surface area (Å²) >= 11 is 0. The minimum absolute atomic E-state index is 0.0316. The van der Waals surface area contributed by atoms with Crippen molar-refractivity contribution < 1.29 is 27.6 Å². The van der Waals surface area contributed by atoms with E-state index in [-0.39, 0.29) is 29.7 Å². The molecule has 2 aliphatic rings. The quantitative estimate of drug-likeness (QED) is 0.572. The van der Waals surface area contributed by atoms with Crippen LogP contribution in [0.2, 0.25) is 0 Å².